The highest BCUT2D eigenvalue weighted by molar-refractivity contribution is 7.98. The minimum Gasteiger partial charge on any atom is -0.497 e. The summed E-state index contributed by atoms with van der Waals surface area (Å²) in [6.07, 6.45) is 1.68. The molecule has 4 aromatic rings. The molecule has 0 spiro atoms. The van der Waals surface area contributed by atoms with E-state index >= 15 is 0 Å². The van der Waals surface area contributed by atoms with Gasteiger partial charge in [0, 0.05) is 11.3 Å². The van der Waals surface area contributed by atoms with Crippen molar-refractivity contribution in [3.63, 3.8) is 0 Å². The average Bonchev–Trinajstić information content (AvgIpc) is 3.38. The number of thioether (sulfide) groups is 1. The van der Waals surface area contributed by atoms with Gasteiger partial charge >= 0.3 is 0 Å². The van der Waals surface area contributed by atoms with Crippen LogP contribution < -0.4 is 4.74 Å². The zero-order valence-electron chi connectivity index (χ0n) is 14.9. The molecule has 0 aliphatic rings. The zero-order valence-corrected chi connectivity index (χ0v) is 15.7. The van der Waals surface area contributed by atoms with Gasteiger partial charge in [0.1, 0.15) is 11.5 Å². The Hall–Kier alpha value is -2.99. The summed E-state index contributed by atoms with van der Waals surface area (Å²) >= 11 is 1.66. The molecule has 2 aromatic heterocycles. The van der Waals surface area contributed by atoms with E-state index in [1.54, 1.807) is 25.1 Å². The molecule has 27 heavy (non-hydrogen) atoms. The SMILES string of the molecule is COc1cccc(-c2nnc(SCc3ccccc3)n2Cc2ccco2)c1. The van der Waals surface area contributed by atoms with Crippen molar-refractivity contribution in [1.82, 2.24) is 14.8 Å². The monoisotopic (exact) mass is 377 g/mol. The Morgan fingerprint density at radius 2 is 1.89 bits per heavy atom. The van der Waals surface area contributed by atoms with E-state index < -0.39 is 0 Å². The van der Waals surface area contributed by atoms with E-state index in [-0.39, 0.29) is 0 Å². The van der Waals surface area contributed by atoms with Crippen molar-refractivity contribution in [2.24, 2.45) is 0 Å². The lowest BCUT2D eigenvalue weighted by Gasteiger charge is -2.10. The minimum absolute atomic E-state index is 0.573. The van der Waals surface area contributed by atoms with Gasteiger partial charge in [-0.25, -0.2) is 0 Å². The van der Waals surface area contributed by atoms with E-state index in [1.807, 2.05) is 54.6 Å². The fraction of sp³-hybridized carbons (Fsp3) is 0.143. The van der Waals surface area contributed by atoms with Crippen LogP contribution in [0.2, 0.25) is 0 Å². The summed E-state index contributed by atoms with van der Waals surface area (Å²) < 4.78 is 13.0. The molecule has 0 unspecified atom stereocenters. The van der Waals surface area contributed by atoms with Gasteiger partial charge in [0.05, 0.1) is 19.9 Å². The number of hydrogen-bond acceptors (Lipinski definition) is 5. The van der Waals surface area contributed by atoms with Crippen LogP contribution in [0.3, 0.4) is 0 Å². The molecule has 0 saturated heterocycles. The molecule has 0 saturated carbocycles. The first-order chi connectivity index (χ1) is 13.3. The Bertz CT molecular complexity index is 997. The standard InChI is InChI=1S/C21H19N3O2S/c1-25-18-10-5-9-17(13-18)20-22-23-21(24(20)14-19-11-6-12-26-19)27-15-16-7-3-2-4-8-16/h2-13H,14-15H2,1H3. The summed E-state index contributed by atoms with van der Waals surface area (Å²) in [6, 6.07) is 22.0. The van der Waals surface area contributed by atoms with Crippen molar-refractivity contribution >= 4 is 11.8 Å². The van der Waals surface area contributed by atoms with Gasteiger partial charge in [-0.05, 0) is 29.8 Å². The summed E-state index contributed by atoms with van der Waals surface area (Å²) in [6.45, 7) is 0.573. The summed E-state index contributed by atoms with van der Waals surface area (Å²) in [4.78, 5) is 0. The highest BCUT2D eigenvalue weighted by Crippen LogP contribution is 2.29. The van der Waals surface area contributed by atoms with E-state index in [2.05, 4.69) is 26.9 Å². The third-order valence-corrected chi connectivity index (χ3v) is 5.19. The minimum atomic E-state index is 0.573. The second kappa shape index (κ2) is 8.14. The van der Waals surface area contributed by atoms with Gasteiger partial charge in [-0.3, -0.25) is 4.57 Å². The first-order valence-corrected chi connectivity index (χ1v) is 9.59. The first kappa shape index (κ1) is 17.4. The predicted molar refractivity (Wildman–Crippen MR) is 106 cm³/mol. The Kier molecular flexibility index (Phi) is 5.25. The number of methoxy groups -OCH3 is 1. The number of benzene rings is 2. The average molecular weight is 377 g/mol. The normalized spacial score (nSPS) is 10.9. The maximum Gasteiger partial charge on any atom is 0.192 e. The van der Waals surface area contributed by atoms with Crippen molar-refractivity contribution in [1.29, 1.82) is 0 Å². The molecule has 6 heteroatoms. The van der Waals surface area contributed by atoms with E-state index in [1.165, 1.54) is 5.56 Å². The Morgan fingerprint density at radius 3 is 2.67 bits per heavy atom. The van der Waals surface area contributed by atoms with Crippen LogP contribution >= 0.6 is 11.8 Å². The topological polar surface area (TPSA) is 53.1 Å². The second-order valence-electron chi connectivity index (χ2n) is 5.98. The van der Waals surface area contributed by atoms with Gasteiger partial charge in [0.25, 0.3) is 0 Å². The highest BCUT2D eigenvalue weighted by Gasteiger charge is 2.16. The van der Waals surface area contributed by atoms with Crippen LogP contribution in [0, 0.1) is 0 Å². The molecule has 0 amide bonds. The van der Waals surface area contributed by atoms with Gasteiger partial charge in [-0.1, -0.05) is 54.2 Å². The van der Waals surface area contributed by atoms with Crippen LogP contribution in [0.5, 0.6) is 5.75 Å². The van der Waals surface area contributed by atoms with E-state index in [0.29, 0.717) is 6.54 Å². The number of furan rings is 1. The lowest BCUT2D eigenvalue weighted by Crippen LogP contribution is -2.03. The number of aromatic nitrogens is 3. The summed E-state index contributed by atoms with van der Waals surface area (Å²) in [7, 11) is 1.66. The number of hydrogen-bond donors (Lipinski definition) is 0. The lowest BCUT2D eigenvalue weighted by molar-refractivity contribution is 0.415. The van der Waals surface area contributed by atoms with Crippen LogP contribution in [0.4, 0.5) is 0 Å². The molecule has 0 bridgehead atoms. The number of nitrogens with zero attached hydrogens (tertiary/aromatic N) is 3. The maximum atomic E-state index is 5.55. The van der Waals surface area contributed by atoms with Gasteiger partial charge in [0.15, 0.2) is 11.0 Å². The van der Waals surface area contributed by atoms with Gasteiger partial charge in [0.2, 0.25) is 0 Å². The van der Waals surface area contributed by atoms with Gasteiger partial charge in [-0.2, -0.15) is 0 Å². The van der Waals surface area contributed by atoms with Crippen molar-refractivity contribution in [3.8, 4) is 17.1 Å². The summed E-state index contributed by atoms with van der Waals surface area (Å²) in [5.41, 5.74) is 2.21. The largest absolute Gasteiger partial charge is 0.497 e. The molecule has 0 fully saturated rings. The zero-order chi connectivity index (χ0) is 18.5. The fourth-order valence-corrected chi connectivity index (χ4v) is 3.69. The highest BCUT2D eigenvalue weighted by atomic mass is 32.2. The van der Waals surface area contributed by atoms with E-state index in [0.717, 1.165) is 33.8 Å². The van der Waals surface area contributed by atoms with Crippen molar-refractivity contribution in [2.75, 3.05) is 7.11 Å². The van der Waals surface area contributed by atoms with Gasteiger partial charge < -0.3 is 9.15 Å². The van der Waals surface area contributed by atoms with Crippen molar-refractivity contribution in [3.05, 3.63) is 84.3 Å². The van der Waals surface area contributed by atoms with Crippen LogP contribution in [0.25, 0.3) is 11.4 Å². The molecule has 136 valence electrons. The molecule has 0 radical (unpaired) electrons. The third kappa shape index (κ3) is 4.06. The molecule has 0 N–H and O–H groups in total. The Morgan fingerprint density at radius 1 is 1.00 bits per heavy atom. The molecule has 2 aromatic carbocycles. The summed E-state index contributed by atoms with van der Waals surface area (Å²) in [5, 5.41) is 9.74. The Labute approximate surface area is 162 Å². The molecule has 0 atom stereocenters. The fourth-order valence-electron chi connectivity index (χ4n) is 2.79. The molecule has 0 aliphatic heterocycles. The van der Waals surface area contributed by atoms with Crippen molar-refractivity contribution < 1.29 is 9.15 Å². The molecular weight excluding hydrogens is 358 g/mol. The molecule has 5 nitrogen and oxygen atoms in total. The predicted octanol–water partition coefficient (Wildman–Crippen LogP) is 4.89. The van der Waals surface area contributed by atoms with E-state index in [4.69, 9.17) is 9.15 Å². The van der Waals surface area contributed by atoms with Gasteiger partial charge in [-0.15, -0.1) is 10.2 Å². The number of ether oxygens (including phenoxy) is 1. The molecule has 0 aliphatic carbocycles. The lowest BCUT2D eigenvalue weighted by atomic mass is 10.2. The number of rotatable bonds is 7. The van der Waals surface area contributed by atoms with Crippen LogP contribution in [-0.2, 0) is 12.3 Å². The van der Waals surface area contributed by atoms with Crippen LogP contribution in [-0.4, -0.2) is 21.9 Å². The smallest absolute Gasteiger partial charge is 0.192 e. The van der Waals surface area contributed by atoms with Crippen molar-refractivity contribution in [2.45, 2.75) is 17.5 Å². The Balaban J connectivity index is 1.67. The third-order valence-electron chi connectivity index (χ3n) is 4.15. The molecule has 4 rings (SSSR count). The van der Waals surface area contributed by atoms with Crippen LogP contribution in [0.1, 0.15) is 11.3 Å². The molecular formula is C21H19N3O2S. The van der Waals surface area contributed by atoms with Crippen LogP contribution in [0.15, 0.2) is 82.6 Å². The molecule has 2 heterocycles. The van der Waals surface area contributed by atoms with E-state index in [9.17, 15) is 0 Å². The quantitative estimate of drug-likeness (QED) is 0.429. The summed E-state index contributed by atoms with van der Waals surface area (Å²) in [5.74, 6) is 3.27. The second-order valence-corrected chi connectivity index (χ2v) is 6.92. The first-order valence-electron chi connectivity index (χ1n) is 8.60. The maximum absolute atomic E-state index is 5.55.